The molecule has 19 heavy (non-hydrogen) atoms. The standard InChI is InChI=1S/C13H20N2OS.2ClH/c1-10(16)13-6-11(9-17-13)7-15-5-3-2-4-12(14)8-15;;/h6,9,12H,2-5,7-8,14H2,1H3;2*1H. The van der Waals surface area contributed by atoms with Gasteiger partial charge < -0.3 is 5.73 Å². The Bertz CT molecular complexity index is 398. The average Bonchev–Trinajstić information content (AvgIpc) is 2.63. The van der Waals surface area contributed by atoms with Crippen LogP contribution < -0.4 is 5.73 Å². The second-order valence-electron chi connectivity index (χ2n) is 4.87. The normalized spacial score (nSPS) is 20.0. The van der Waals surface area contributed by atoms with Gasteiger partial charge in [0.15, 0.2) is 5.78 Å². The van der Waals surface area contributed by atoms with Gasteiger partial charge in [0.2, 0.25) is 0 Å². The third-order valence-electron chi connectivity index (χ3n) is 3.20. The molecule has 0 saturated carbocycles. The number of thiophene rings is 1. The van der Waals surface area contributed by atoms with Crippen molar-refractivity contribution in [1.82, 2.24) is 4.90 Å². The molecular formula is C13H22Cl2N2OS. The molecule has 1 aromatic rings. The number of Topliss-reactive ketones (excluding diaryl/α,β-unsaturated/α-hetero) is 1. The SMILES string of the molecule is CC(=O)c1cc(CN2CCCCC(N)C2)cs1.Cl.Cl. The summed E-state index contributed by atoms with van der Waals surface area (Å²) in [5.74, 6) is 0.161. The molecule has 110 valence electrons. The van der Waals surface area contributed by atoms with E-state index in [-0.39, 0.29) is 30.6 Å². The van der Waals surface area contributed by atoms with E-state index in [1.165, 1.54) is 18.4 Å². The first-order chi connectivity index (χ1) is 8.15. The van der Waals surface area contributed by atoms with Crippen LogP contribution in [0.1, 0.15) is 41.4 Å². The number of carbonyl (C=O) groups excluding carboxylic acids is 1. The number of carbonyl (C=O) groups is 1. The van der Waals surface area contributed by atoms with Gasteiger partial charge in [-0.25, -0.2) is 0 Å². The van der Waals surface area contributed by atoms with Gasteiger partial charge in [0.05, 0.1) is 4.88 Å². The molecule has 1 unspecified atom stereocenters. The van der Waals surface area contributed by atoms with Crippen molar-refractivity contribution in [1.29, 1.82) is 0 Å². The molecule has 0 radical (unpaired) electrons. The Morgan fingerprint density at radius 2 is 2.21 bits per heavy atom. The number of nitrogens with zero attached hydrogens (tertiary/aromatic N) is 1. The maximum atomic E-state index is 11.2. The van der Waals surface area contributed by atoms with E-state index in [2.05, 4.69) is 10.3 Å². The molecular weight excluding hydrogens is 303 g/mol. The zero-order valence-corrected chi connectivity index (χ0v) is 13.6. The number of rotatable bonds is 3. The van der Waals surface area contributed by atoms with E-state index < -0.39 is 0 Å². The molecule has 1 atom stereocenters. The highest BCUT2D eigenvalue weighted by molar-refractivity contribution is 7.12. The van der Waals surface area contributed by atoms with Gasteiger partial charge in [0.1, 0.15) is 0 Å². The molecule has 0 aliphatic carbocycles. The lowest BCUT2D eigenvalue weighted by Crippen LogP contribution is -2.35. The summed E-state index contributed by atoms with van der Waals surface area (Å²) in [4.78, 5) is 14.5. The third kappa shape index (κ3) is 5.79. The molecule has 0 amide bonds. The summed E-state index contributed by atoms with van der Waals surface area (Å²) in [6.45, 7) is 4.65. The first-order valence-electron chi connectivity index (χ1n) is 6.21. The molecule has 6 heteroatoms. The number of ketones is 1. The van der Waals surface area contributed by atoms with Crippen LogP contribution in [0.3, 0.4) is 0 Å². The molecule has 1 fully saturated rings. The van der Waals surface area contributed by atoms with E-state index in [0.29, 0.717) is 6.04 Å². The Morgan fingerprint density at radius 1 is 1.47 bits per heavy atom. The summed E-state index contributed by atoms with van der Waals surface area (Å²) in [7, 11) is 0. The van der Waals surface area contributed by atoms with E-state index in [1.807, 2.05) is 6.07 Å². The first kappa shape index (κ1) is 18.9. The lowest BCUT2D eigenvalue weighted by molar-refractivity contribution is 0.102. The van der Waals surface area contributed by atoms with Gasteiger partial charge in [-0.3, -0.25) is 9.69 Å². The Balaban J connectivity index is 0.00000162. The van der Waals surface area contributed by atoms with Crippen molar-refractivity contribution in [3.8, 4) is 0 Å². The van der Waals surface area contributed by atoms with Crippen molar-refractivity contribution in [2.24, 2.45) is 5.73 Å². The van der Waals surface area contributed by atoms with Gasteiger partial charge in [-0.05, 0) is 43.3 Å². The van der Waals surface area contributed by atoms with Crippen LogP contribution in [-0.4, -0.2) is 29.8 Å². The highest BCUT2D eigenvalue weighted by Gasteiger charge is 2.15. The molecule has 2 heterocycles. The minimum atomic E-state index is 0. The average molecular weight is 325 g/mol. The lowest BCUT2D eigenvalue weighted by Gasteiger charge is -2.21. The fourth-order valence-corrected chi connectivity index (χ4v) is 3.11. The van der Waals surface area contributed by atoms with E-state index in [0.717, 1.165) is 30.9 Å². The third-order valence-corrected chi connectivity index (χ3v) is 4.28. The first-order valence-corrected chi connectivity index (χ1v) is 7.09. The Labute approximate surface area is 131 Å². The number of likely N-dealkylation sites (tertiary alicyclic amines) is 1. The van der Waals surface area contributed by atoms with Crippen LogP contribution in [0.4, 0.5) is 0 Å². The van der Waals surface area contributed by atoms with E-state index >= 15 is 0 Å². The molecule has 3 nitrogen and oxygen atoms in total. The second kappa shape index (κ2) is 8.93. The minimum absolute atomic E-state index is 0. The Hall–Kier alpha value is -0.130. The monoisotopic (exact) mass is 324 g/mol. The minimum Gasteiger partial charge on any atom is -0.327 e. The highest BCUT2D eigenvalue weighted by atomic mass is 35.5. The number of hydrogen-bond acceptors (Lipinski definition) is 4. The zero-order valence-electron chi connectivity index (χ0n) is 11.1. The summed E-state index contributed by atoms with van der Waals surface area (Å²) in [6.07, 6.45) is 3.61. The van der Waals surface area contributed by atoms with Crippen LogP contribution in [0.2, 0.25) is 0 Å². The second-order valence-corrected chi connectivity index (χ2v) is 5.78. The van der Waals surface area contributed by atoms with Crippen molar-refractivity contribution in [3.05, 3.63) is 21.9 Å². The van der Waals surface area contributed by atoms with Crippen molar-refractivity contribution in [2.45, 2.75) is 38.8 Å². The van der Waals surface area contributed by atoms with Gasteiger partial charge in [-0.15, -0.1) is 36.2 Å². The fourth-order valence-electron chi connectivity index (χ4n) is 2.30. The largest absolute Gasteiger partial charge is 0.327 e. The quantitative estimate of drug-likeness (QED) is 0.869. The number of nitrogens with two attached hydrogens (primary N) is 1. The molecule has 1 aliphatic rings. The number of hydrogen-bond donors (Lipinski definition) is 1. The lowest BCUT2D eigenvalue weighted by atomic mass is 10.1. The molecule has 1 aromatic heterocycles. The summed E-state index contributed by atoms with van der Waals surface area (Å²) in [5.41, 5.74) is 7.28. The molecule has 2 N–H and O–H groups in total. The molecule has 0 bridgehead atoms. The van der Waals surface area contributed by atoms with Crippen molar-refractivity contribution in [3.63, 3.8) is 0 Å². The van der Waals surface area contributed by atoms with Gasteiger partial charge in [-0.1, -0.05) is 6.42 Å². The molecule has 2 rings (SSSR count). The predicted octanol–water partition coefficient (Wildman–Crippen LogP) is 3.11. The summed E-state index contributed by atoms with van der Waals surface area (Å²) < 4.78 is 0. The van der Waals surface area contributed by atoms with Crippen LogP contribution in [-0.2, 0) is 6.54 Å². The van der Waals surface area contributed by atoms with E-state index in [4.69, 9.17) is 5.73 Å². The maximum absolute atomic E-state index is 11.2. The van der Waals surface area contributed by atoms with Gasteiger partial charge in [-0.2, -0.15) is 0 Å². The van der Waals surface area contributed by atoms with Crippen molar-refractivity contribution in [2.75, 3.05) is 13.1 Å². The van der Waals surface area contributed by atoms with Crippen molar-refractivity contribution < 1.29 is 4.79 Å². The zero-order chi connectivity index (χ0) is 12.3. The van der Waals surface area contributed by atoms with Crippen LogP contribution in [0.5, 0.6) is 0 Å². The van der Waals surface area contributed by atoms with Crippen LogP contribution in [0, 0.1) is 0 Å². The maximum Gasteiger partial charge on any atom is 0.169 e. The van der Waals surface area contributed by atoms with Gasteiger partial charge in [0, 0.05) is 19.1 Å². The van der Waals surface area contributed by atoms with Gasteiger partial charge in [0.25, 0.3) is 0 Å². The van der Waals surface area contributed by atoms with Crippen molar-refractivity contribution >= 4 is 41.9 Å². The summed E-state index contributed by atoms with van der Waals surface area (Å²) in [6, 6.07) is 2.33. The predicted molar refractivity (Wildman–Crippen MR) is 85.9 cm³/mol. The van der Waals surface area contributed by atoms with Gasteiger partial charge >= 0.3 is 0 Å². The fraction of sp³-hybridized carbons (Fsp3) is 0.615. The van der Waals surface area contributed by atoms with E-state index in [9.17, 15) is 4.79 Å². The van der Waals surface area contributed by atoms with E-state index in [1.54, 1.807) is 18.3 Å². The van der Waals surface area contributed by atoms with Crippen LogP contribution in [0.15, 0.2) is 11.4 Å². The topological polar surface area (TPSA) is 46.3 Å². The molecule has 1 aliphatic heterocycles. The smallest absolute Gasteiger partial charge is 0.169 e. The molecule has 0 spiro atoms. The summed E-state index contributed by atoms with van der Waals surface area (Å²) >= 11 is 1.54. The molecule has 0 aromatic carbocycles. The Morgan fingerprint density at radius 3 is 2.84 bits per heavy atom. The Kier molecular flexibility index (Phi) is 8.86. The highest BCUT2D eigenvalue weighted by Crippen LogP contribution is 2.18. The van der Waals surface area contributed by atoms with Crippen LogP contribution in [0.25, 0.3) is 0 Å². The summed E-state index contributed by atoms with van der Waals surface area (Å²) in [5, 5.41) is 2.09. The van der Waals surface area contributed by atoms with Crippen LogP contribution >= 0.6 is 36.2 Å². The molecule has 1 saturated heterocycles. The number of halogens is 2.